The van der Waals surface area contributed by atoms with E-state index in [2.05, 4.69) is 0 Å². The van der Waals surface area contributed by atoms with Crippen LogP contribution in [0.1, 0.15) is 16.8 Å². The van der Waals surface area contributed by atoms with Crippen molar-refractivity contribution in [3.05, 3.63) is 35.9 Å². The molecule has 1 aromatic rings. The summed E-state index contributed by atoms with van der Waals surface area (Å²) in [5.41, 5.74) is 0.714. The van der Waals surface area contributed by atoms with Crippen LogP contribution < -0.4 is 0 Å². The van der Waals surface area contributed by atoms with Gasteiger partial charge in [-0.1, -0.05) is 18.2 Å². The summed E-state index contributed by atoms with van der Waals surface area (Å²) in [7, 11) is 3.30. The van der Waals surface area contributed by atoms with Gasteiger partial charge in [0.1, 0.15) is 0 Å². The van der Waals surface area contributed by atoms with Crippen molar-refractivity contribution in [2.75, 3.05) is 40.5 Å². The standard InChI is InChI=1S/C14H21NO3/c1-17-11-6-9-15(10-12-18-2)14(16)13-7-4-3-5-8-13/h3-5,7-8H,6,9-12H2,1-2H3. The summed E-state index contributed by atoms with van der Waals surface area (Å²) < 4.78 is 10.1. The van der Waals surface area contributed by atoms with Crippen LogP contribution in [0.4, 0.5) is 0 Å². The third kappa shape index (κ3) is 4.85. The average molecular weight is 251 g/mol. The largest absolute Gasteiger partial charge is 0.385 e. The second-order valence-corrected chi connectivity index (χ2v) is 4.00. The van der Waals surface area contributed by atoms with E-state index in [9.17, 15) is 4.79 Å². The van der Waals surface area contributed by atoms with Crippen molar-refractivity contribution in [1.29, 1.82) is 0 Å². The van der Waals surface area contributed by atoms with E-state index in [1.807, 2.05) is 30.3 Å². The van der Waals surface area contributed by atoms with Gasteiger partial charge in [0, 0.05) is 39.5 Å². The summed E-state index contributed by atoms with van der Waals surface area (Å²) in [5.74, 6) is 0.0451. The monoisotopic (exact) mass is 251 g/mol. The first kappa shape index (κ1) is 14.7. The van der Waals surface area contributed by atoms with Gasteiger partial charge in [-0.15, -0.1) is 0 Å². The number of hydrogen-bond acceptors (Lipinski definition) is 3. The average Bonchev–Trinajstić information content (AvgIpc) is 2.43. The molecule has 0 spiro atoms. The van der Waals surface area contributed by atoms with E-state index in [0.717, 1.165) is 6.42 Å². The van der Waals surface area contributed by atoms with Crippen LogP contribution in [0.15, 0.2) is 30.3 Å². The Bertz CT molecular complexity index is 340. The predicted octanol–water partition coefficient (Wildman–Crippen LogP) is 1.81. The van der Waals surface area contributed by atoms with Gasteiger partial charge in [0.05, 0.1) is 6.61 Å². The number of rotatable bonds is 8. The molecule has 0 fully saturated rings. The summed E-state index contributed by atoms with van der Waals surface area (Å²) in [5, 5.41) is 0. The van der Waals surface area contributed by atoms with E-state index >= 15 is 0 Å². The van der Waals surface area contributed by atoms with Crippen molar-refractivity contribution < 1.29 is 14.3 Å². The zero-order chi connectivity index (χ0) is 13.2. The number of nitrogens with zero attached hydrogens (tertiary/aromatic N) is 1. The number of methoxy groups -OCH3 is 2. The van der Waals surface area contributed by atoms with Crippen molar-refractivity contribution in [1.82, 2.24) is 4.90 Å². The van der Waals surface area contributed by atoms with Crippen LogP contribution in [0.5, 0.6) is 0 Å². The fourth-order valence-corrected chi connectivity index (χ4v) is 1.68. The maximum absolute atomic E-state index is 12.3. The Morgan fingerprint density at radius 1 is 1.06 bits per heavy atom. The number of hydrogen-bond donors (Lipinski definition) is 0. The summed E-state index contributed by atoms with van der Waals surface area (Å²) in [4.78, 5) is 14.1. The maximum Gasteiger partial charge on any atom is 0.253 e. The minimum Gasteiger partial charge on any atom is -0.385 e. The van der Waals surface area contributed by atoms with Crippen molar-refractivity contribution in [3.63, 3.8) is 0 Å². The molecule has 18 heavy (non-hydrogen) atoms. The molecule has 1 amide bonds. The zero-order valence-electron chi connectivity index (χ0n) is 11.1. The molecule has 0 saturated heterocycles. The quantitative estimate of drug-likeness (QED) is 0.661. The summed E-state index contributed by atoms with van der Waals surface area (Å²) in [6.07, 6.45) is 0.832. The van der Waals surface area contributed by atoms with Gasteiger partial charge in [-0.25, -0.2) is 0 Å². The molecule has 0 unspecified atom stereocenters. The second-order valence-electron chi connectivity index (χ2n) is 4.00. The lowest BCUT2D eigenvalue weighted by Crippen LogP contribution is -2.35. The van der Waals surface area contributed by atoms with E-state index in [4.69, 9.17) is 9.47 Å². The first-order chi connectivity index (χ1) is 8.79. The van der Waals surface area contributed by atoms with Crippen molar-refractivity contribution >= 4 is 5.91 Å². The first-order valence-electron chi connectivity index (χ1n) is 6.11. The van der Waals surface area contributed by atoms with Gasteiger partial charge in [0.2, 0.25) is 0 Å². The molecule has 4 heteroatoms. The molecule has 0 radical (unpaired) electrons. The Morgan fingerprint density at radius 3 is 2.33 bits per heavy atom. The molecule has 0 aliphatic heterocycles. The van der Waals surface area contributed by atoms with Crippen LogP contribution in [0.25, 0.3) is 0 Å². The predicted molar refractivity (Wildman–Crippen MR) is 70.7 cm³/mol. The topological polar surface area (TPSA) is 38.8 Å². The lowest BCUT2D eigenvalue weighted by atomic mass is 10.2. The number of benzene rings is 1. The van der Waals surface area contributed by atoms with E-state index in [0.29, 0.717) is 31.9 Å². The lowest BCUT2D eigenvalue weighted by molar-refractivity contribution is 0.0674. The molecule has 100 valence electrons. The van der Waals surface area contributed by atoms with E-state index in [1.165, 1.54) is 0 Å². The molecule has 0 aliphatic carbocycles. The molecular formula is C14H21NO3. The Kier molecular flexibility index (Phi) is 7.06. The van der Waals surface area contributed by atoms with Gasteiger partial charge in [0.25, 0.3) is 5.91 Å². The Balaban J connectivity index is 2.60. The van der Waals surface area contributed by atoms with Gasteiger partial charge in [0.15, 0.2) is 0 Å². The highest BCUT2D eigenvalue weighted by Gasteiger charge is 2.14. The second kappa shape index (κ2) is 8.66. The van der Waals surface area contributed by atoms with Gasteiger partial charge < -0.3 is 14.4 Å². The Hall–Kier alpha value is -1.39. The van der Waals surface area contributed by atoms with E-state index in [-0.39, 0.29) is 5.91 Å². The number of ether oxygens (including phenoxy) is 2. The van der Waals surface area contributed by atoms with Crippen LogP contribution in [0, 0.1) is 0 Å². The summed E-state index contributed by atoms with van der Waals surface area (Å²) in [6.45, 7) is 2.50. The highest BCUT2D eigenvalue weighted by molar-refractivity contribution is 5.94. The fraction of sp³-hybridized carbons (Fsp3) is 0.500. The molecule has 0 atom stereocenters. The fourth-order valence-electron chi connectivity index (χ4n) is 1.68. The molecule has 0 bridgehead atoms. The van der Waals surface area contributed by atoms with Crippen molar-refractivity contribution in [3.8, 4) is 0 Å². The van der Waals surface area contributed by atoms with Crippen molar-refractivity contribution in [2.45, 2.75) is 6.42 Å². The van der Waals surface area contributed by atoms with Crippen LogP contribution in [-0.4, -0.2) is 51.3 Å². The number of amides is 1. The molecule has 0 aliphatic rings. The highest BCUT2D eigenvalue weighted by Crippen LogP contribution is 2.05. The normalized spacial score (nSPS) is 10.3. The molecular weight excluding hydrogens is 230 g/mol. The van der Waals surface area contributed by atoms with Gasteiger partial charge in [-0.05, 0) is 18.6 Å². The molecule has 1 rings (SSSR count). The van der Waals surface area contributed by atoms with E-state index in [1.54, 1.807) is 19.1 Å². The summed E-state index contributed by atoms with van der Waals surface area (Å²) >= 11 is 0. The zero-order valence-corrected chi connectivity index (χ0v) is 11.1. The molecule has 1 aromatic carbocycles. The molecule has 4 nitrogen and oxygen atoms in total. The molecule has 0 saturated carbocycles. The third-order valence-electron chi connectivity index (χ3n) is 2.65. The highest BCUT2D eigenvalue weighted by atomic mass is 16.5. The molecule has 0 N–H and O–H groups in total. The van der Waals surface area contributed by atoms with Crippen LogP contribution >= 0.6 is 0 Å². The van der Waals surface area contributed by atoms with Crippen LogP contribution in [-0.2, 0) is 9.47 Å². The van der Waals surface area contributed by atoms with Gasteiger partial charge in [-0.2, -0.15) is 0 Å². The SMILES string of the molecule is COCCCN(CCOC)C(=O)c1ccccc1. The smallest absolute Gasteiger partial charge is 0.253 e. The molecule has 0 heterocycles. The van der Waals surface area contributed by atoms with Crippen LogP contribution in [0.3, 0.4) is 0 Å². The lowest BCUT2D eigenvalue weighted by Gasteiger charge is -2.22. The number of carbonyl (C=O) groups is 1. The Morgan fingerprint density at radius 2 is 1.72 bits per heavy atom. The minimum atomic E-state index is 0.0451. The van der Waals surface area contributed by atoms with Crippen LogP contribution in [0.2, 0.25) is 0 Å². The maximum atomic E-state index is 12.3. The number of carbonyl (C=O) groups excluding carboxylic acids is 1. The minimum absolute atomic E-state index is 0.0451. The summed E-state index contributed by atoms with van der Waals surface area (Å²) in [6, 6.07) is 9.31. The Labute approximate surface area is 108 Å². The van der Waals surface area contributed by atoms with Gasteiger partial charge in [-0.3, -0.25) is 4.79 Å². The first-order valence-corrected chi connectivity index (χ1v) is 6.11. The third-order valence-corrected chi connectivity index (χ3v) is 2.65. The van der Waals surface area contributed by atoms with Gasteiger partial charge >= 0.3 is 0 Å². The molecule has 0 aromatic heterocycles. The van der Waals surface area contributed by atoms with E-state index < -0.39 is 0 Å². The van der Waals surface area contributed by atoms with Crippen molar-refractivity contribution in [2.24, 2.45) is 0 Å².